The molecule has 0 spiro atoms. The van der Waals surface area contributed by atoms with Gasteiger partial charge in [-0.2, -0.15) is 0 Å². The van der Waals surface area contributed by atoms with E-state index in [1.807, 2.05) is 47.8 Å². The fourth-order valence-corrected chi connectivity index (χ4v) is 5.34. The maximum Gasteiger partial charge on any atom is 0.276 e. The molecule has 1 aliphatic heterocycles. The lowest BCUT2D eigenvalue weighted by atomic mass is 10.2. The standard InChI is InChI=1S/C18H17ClN2O3S2/c19-14-3-1-2-13(10-14)17(23)21-20-16(22)11-24-15-6-4-12(5-7-15)18-25-8-9-26-18/h1-7,10,18H,8-9,11H2,(H,20,22)(H,21,23). The number of hydrazine groups is 1. The number of carbonyl (C=O) groups is 2. The molecule has 26 heavy (non-hydrogen) atoms. The zero-order valence-electron chi connectivity index (χ0n) is 13.7. The van der Waals surface area contributed by atoms with Gasteiger partial charge in [-0.3, -0.25) is 20.4 Å². The number of thioether (sulfide) groups is 2. The van der Waals surface area contributed by atoms with Crippen LogP contribution in [0.25, 0.3) is 0 Å². The first kappa shape index (κ1) is 18.9. The minimum atomic E-state index is -0.452. The monoisotopic (exact) mass is 408 g/mol. The Morgan fingerprint density at radius 1 is 1.08 bits per heavy atom. The van der Waals surface area contributed by atoms with Crippen LogP contribution in [0, 0.1) is 0 Å². The first-order valence-electron chi connectivity index (χ1n) is 7.92. The van der Waals surface area contributed by atoms with Gasteiger partial charge in [0.05, 0.1) is 4.58 Å². The second kappa shape index (κ2) is 9.21. The second-order valence-corrected chi connectivity index (χ2v) is 8.60. The first-order chi connectivity index (χ1) is 12.6. The molecule has 1 aliphatic rings. The van der Waals surface area contributed by atoms with Crippen LogP contribution in [-0.4, -0.2) is 29.9 Å². The Morgan fingerprint density at radius 2 is 1.81 bits per heavy atom. The number of rotatable bonds is 5. The molecule has 1 saturated heterocycles. The topological polar surface area (TPSA) is 67.4 Å². The average molecular weight is 409 g/mol. The lowest BCUT2D eigenvalue weighted by molar-refractivity contribution is -0.123. The lowest BCUT2D eigenvalue weighted by Crippen LogP contribution is -2.43. The van der Waals surface area contributed by atoms with Crippen LogP contribution >= 0.6 is 35.1 Å². The number of benzene rings is 2. The van der Waals surface area contributed by atoms with E-state index in [2.05, 4.69) is 10.9 Å². The third kappa shape index (κ3) is 5.33. The molecule has 0 unspecified atom stereocenters. The highest BCUT2D eigenvalue weighted by Crippen LogP contribution is 2.45. The summed E-state index contributed by atoms with van der Waals surface area (Å²) in [4.78, 5) is 23.7. The largest absolute Gasteiger partial charge is 0.484 e. The molecular formula is C18H17ClN2O3S2. The van der Waals surface area contributed by atoms with E-state index in [0.717, 1.165) is 0 Å². The Balaban J connectivity index is 1.43. The van der Waals surface area contributed by atoms with Crippen LogP contribution in [0.1, 0.15) is 20.5 Å². The highest BCUT2D eigenvalue weighted by atomic mass is 35.5. The van der Waals surface area contributed by atoms with Crippen molar-refractivity contribution in [1.82, 2.24) is 10.9 Å². The minimum Gasteiger partial charge on any atom is -0.484 e. The second-order valence-electron chi connectivity index (χ2n) is 5.44. The van der Waals surface area contributed by atoms with Gasteiger partial charge >= 0.3 is 0 Å². The van der Waals surface area contributed by atoms with E-state index in [1.54, 1.807) is 18.2 Å². The molecule has 0 saturated carbocycles. The van der Waals surface area contributed by atoms with Gasteiger partial charge in [0.1, 0.15) is 5.75 Å². The van der Waals surface area contributed by atoms with Gasteiger partial charge in [-0.25, -0.2) is 0 Å². The molecule has 1 fully saturated rings. The minimum absolute atomic E-state index is 0.192. The Hall–Kier alpha value is -1.83. The number of amides is 2. The summed E-state index contributed by atoms with van der Waals surface area (Å²) in [5.41, 5.74) is 6.25. The molecular weight excluding hydrogens is 392 g/mol. The van der Waals surface area contributed by atoms with Crippen molar-refractivity contribution in [2.24, 2.45) is 0 Å². The van der Waals surface area contributed by atoms with Gasteiger partial charge in [-0.15, -0.1) is 23.5 Å². The molecule has 0 bridgehead atoms. The Morgan fingerprint density at radius 3 is 2.50 bits per heavy atom. The molecule has 0 atom stereocenters. The van der Waals surface area contributed by atoms with Crippen LogP contribution in [0.4, 0.5) is 0 Å². The van der Waals surface area contributed by atoms with Crippen molar-refractivity contribution in [3.63, 3.8) is 0 Å². The first-order valence-corrected chi connectivity index (χ1v) is 10.4. The fourth-order valence-electron chi connectivity index (χ4n) is 2.29. The summed E-state index contributed by atoms with van der Waals surface area (Å²) in [6.07, 6.45) is 0. The van der Waals surface area contributed by atoms with Crippen LogP contribution in [-0.2, 0) is 4.79 Å². The summed E-state index contributed by atoms with van der Waals surface area (Å²) in [6.45, 7) is -0.192. The smallest absolute Gasteiger partial charge is 0.276 e. The zero-order valence-corrected chi connectivity index (χ0v) is 16.1. The highest BCUT2D eigenvalue weighted by Gasteiger charge is 2.18. The van der Waals surface area contributed by atoms with Crippen molar-refractivity contribution < 1.29 is 14.3 Å². The predicted molar refractivity (Wildman–Crippen MR) is 107 cm³/mol. The number of hydrogen-bond donors (Lipinski definition) is 2. The number of nitrogens with one attached hydrogen (secondary N) is 2. The van der Waals surface area contributed by atoms with E-state index in [0.29, 0.717) is 20.9 Å². The molecule has 0 aliphatic carbocycles. The number of hydrogen-bond acceptors (Lipinski definition) is 5. The van der Waals surface area contributed by atoms with E-state index >= 15 is 0 Å². The summed E-state index contributed by atoms with van der Waals surface area (Å²) < 4.78 is 5.93. The third-order valence-corrected chi connectivity index (χ3v) is 6.89. The van der Waals surface area contributed by atoms with Gasteiger partial charge < -0.3 is 4.74 Å². The van der Waals surface area contributed by atoms with Crippen LogP contribution in [0.15, 0.2) is 48.5 Å². The van der Waals surface area contributed by atoms with E-state index < -0.39 is 11.8 Å². The molecule has 2 aromatic rings. The van der Waals surface area contributed by atoms with E-state index in [-0.39, 0.29) is 6.61 Å². The van der Waals surface area contributed by atoms with Gasteiger partial charge in [0.15, 0.2) is 6.61 Å². The highest BCUT2D eigenvalue weighted by molar-refractivity contribution is 8.19. The summed E-state index contributed by atoms with van der Waals surface area (Å²) in [5, 5.41) is 0.449. The van der Waals surface area contributed by atoms with Crippen molar-refractivity contribution in [3.8, 4) is 5.75 Å². The number of halogens is 1. The molecule has 3 rings (SSSR count). The van der Waals surface area contributed by atoms with Crippen LogP contribution in [0.5, 0.6) is 5.75 Å². The van der Waals surface area contributed by atoms with Gasteiger partial charge in [0, 0.05) is 22.1 Å². The predicted octanol–water partition coefficient (Wildman–Crippen LogP) is 3.66. The molecule has 2 amide bonds. The van der Waals surface area contributed by atoms with Crippen LogP contribution in [0.3, 0.4) is 0 Å². The van der Waals surface area contributed by atoms with E-state index in [9.17, 15) is 9.59 Å². The quantitative estimate of drug-likeness (QED) is 0.739. The fraction of sp³-hybridized carbons (Fsp3) is 0.222. The molecule has 2 N–H and O–H groups in total. The Bertz CT molecular complexity index is 780. The summed E-state index contributed by atoms with van der Waals surface area (Å²) in [6, 6.07) is 14.2. The third-order valence-electron chi connectivity index (χ3n) is 3.55. The van der Waals surface area contributed by atoms with E-state index in [4.69, 9.17) is 16.3 Å². The molecule has 0 aromatic heterocycles. The SMILES string of the molecule is O=C(COc1ccc(C2SCCS2)cc1)NNC(=O)c1cccc(Cl)c1. The zero-order chi connectivity index (χ0) is 18.4. The van der Waals surface area contributed by atoms with Gasteiger partial charge in [0.2, 0.25) is 0 Å². The van der Waals surface area contributed by atoms with Crippen molar-refractivity contribution in [2.75, 3.05) is 18.1 Å². The average Bonchev–Trinajstić information content (AvgIpc) is 3.19. The Labute approximate surface area is 165 Å². The summed E-state index contributed by atoms with van der Waals surface area (Å²) >= 11 is 9.71. The molecule has 1 heterocycles. The normalized spacial score (nSPS) is 14.0. The Kier molecular flexibility index (Phi) is 6.71. The maximum atomic E-state index is 11.9. The van der Waals surface area contributed by atoms with Crippen molar-refractivity contribution >= 4 is 46.9 Å². The number of ether oxygens (including phenoxy) is 1. The van der Waals surface area contributed by atoms with E-state index in [1.165, 1.54) is 23.1 Å². The number of carbonyl (C=O) groups excluding carboxylic acids is 2. The van der Waals surface area contributed by atoms with Crippen LogP contribution < -0.4 is 15.6 Å². The molecule has 5 nitrogen and oxygen atoms in total. The maximum absolute atomic E-state index is 11.9. The molecule has 8 heteroatoms. The van der Waals surface area contributed by atoms with Gasteiger partial charge in [0.25, 0.3) is 11.8 Å². The van der Waals surface area contributed by atoms with Gasteiger partial charge in [-0.05, 0) is 35.9 Å². The molecule has 0 radical (unpaired) electrons. The van der Waals surface area contributed by atoms with Crippen LogP contribution in [0.2, 0.25) is 5.02 Å². The lowest BCUT2D eigenvalue weighted by Gasteiger charge is -2.11. The van der Waals surface area contributed by atoms with Gasteiger partial charge in [-0.1, -0.05) is 29.8 Å². The van der Waals surface area contributed by atoms with Crippen molar-refractivity contribution in [2.45, 2.75) is 4.58 Å². The molecule has 136 valence electrons. The summed E-state index contributed by atoms with van der Waals surface area (Å²) in [7, 11) is 0. The molecule has 2 aromatic carbocycles. The van der Waals surface area contributed by atoms with Crippen molar-refractivity contribution in [3.05, 3.63) is 64.7 Å². The summed E-state index contributed by atoms with van der Waals surface area (Å²) in [5.74, 6) is 2.06. The van der Waals surface area contributed by atoms with Crippen molar-refractivity contribution in [1.29, 1.82) is 0 Å².